The lowest BCUT2D eigenvalue weighted by Gasteiger charge is -2.16. The smallest absolute Gasteiger partial charge is 0.171 e. The number of ether oxygens (including phenoxy) is 2. The van der Waals surface area contributed by atoms with E-state index < -0.39 is 5.82 Å². The molecule has 2 aromatic carbocycles. The van der Waals surface area contributed by atoms with Crippen molar-refractivity contribution in [3.05, 3.63) is 59.4 Å². The molecule has 0 fully saturated rings. The third kappa shape index (κ3) is 3.52. The van der Waals surface area contributed by atoms with Gasteiger partial charge < -0.3 is 15.2 Å². The van der Waals surface area contributed by atoms with Gasteiger partial charge in [-0.25, -0.2) is 4.39 Å². The van der Waals surface area contributed by atoms with Gasteiger partial charge in [0, 0.05) is 17.2 Å². The zero-order valence-corrected chi connectivity index (χ0v) is 12.3. The highest BCUT2D eigenvalue weighted by Gasteiger charge is 2.12. The predicted molar refractivity (Wildman–Crippen MR) is 80.9 cm³/mol. The average Bonchev–Trinajstić information content (AvgIpc) is 2.53. The summed E-state index contributed by atoms with van der Waals surface area (Å²) in [7, 11) is 1.44. The first-order chi connectivity index (χ1) is 10.2. The molecule has 112 valence electrons. The number of rotatable bonds is 6. The van der Waals surface area contributed by atoms with Crippen LogP contribution in [0.25, 0.3) is 0 Å². The molecule has 2 rings (SSSR count). The number of halogens is 1. The van der Waals surface area contributed by atoms with Crippen LogP contribution in [-0.4, -0.2) is 7.11 Å². The van der Waals surface area contributed by atoms with E-state index in [0.717, 1.165) is 12.0 Å². The Morgan fingerprint density at radius 2 is 1.81 bits per heavy atom. The largest absolute Gasteiger partial charge is 0.494 e. The van der Waals surface area contributed by atoms with E-state index in [9.17, 15) is 4.39 Å². The number of nitrogens with two attached hydrogens (primary N) is 1. The first kappa shape index (κ1) is 15.3. The number of hydrogen-bond acceptors (Lipinski definition) is 3. The lowest BCUT2D eigenvalue weighted by Crippen LogP contribution is -2.11. The van der Waals surface area contributed by atoms with Gasteiger partial charge in [-0.2, -0.15) is 0 Å². The standard InChI is InChI=1S/C17H20FNO2/c1-3-14(19)13-8-4-5-9-15(13)21-11-12-7-6-10-16(20-2)17(12)18/h4-10,14H,3,11,19H2,1-2H3. The third-order valence-electron chi connectivity index (χ3n) is 3.40. The number of methoxy groups -OCH3 is 1. The van der Waals surface area contributed by atoms with Gasteiger partial charge in [-0.05, 0) is 18.6 Å². The van der Waals surface area contributed by atoms with Crippen molar-refractivity contribution in [1.29, 1.82) is 0 Å². The second kappa shape index (κ2) is 7.09. The van der Waals surface area contributed by atoms with Gasteiger partial charge in [0.05, 0.1) is 7.11 Å². The molecule has 1 atom stereocenters. The third-order valence-corrected chi connectivity index (χ3v) is 3.40. The van der Waals surface area contributed by atoms with E-state index in [1.54, 1.807) is 18.2 Å². The topological polar surface area (TPSA) is 44.5 Å². The quantitative estimate of drug-likeness (QED) is 0.879. The molecule has 0 amide bonds. The Bertz CT molecular complexity index is 601. The van der Waals surface area contributed by atoms with Crippen molar-refractivity contribution in [1.82, 2.24) is 0 Å². The summed E-state index contributed by atoms with van der Waals surface area (Å²) in [5, 5.41) is 0. The van der Waals surface area contributed by atoms with Crippen LogP contribution in [0.1, 0.15) is 30.5 Å². The Kier molecular flexibility index (Phi) is 5.17. The van der Waals surface area contributed by atoms with Crippen molar-refractivity contribution >= 4 is 0 Å². The SMILES string of the molecule is CCC(N)c1ccccc1OCc1cccc(OC)c1F. The van der Waals surface area contributed by atoms with Crippen molar-refractivity contribution in [2.45, 2.75) is 26.0 Å². The van der Waals surface area contributed by atoms with E-state index in [0.29, 0.717) is 11.3 Å². The van der Waals surface area contributed by atoms with Gasteiger partial charge in [-0.15, -0.1) is 0 Å². The monoisotopic (exact) mass is 289 g/mol. The molecular formula is C17H20FNO2. The summed E-state index contributed by atoms with van der Waals surface area (Å²) in [4.78, 5) is 0. The van der Waals surface area contributed by atoms with Gasteiger partial charge >= 0.3 is 0 Å². The van der Waals surface area contributed by atoms with Gasteiger partial charge in [0.1, 0.15) is 12.4 Å². The van der Waals surface area contributed by atoms with Gasteiger partial charge in [0.2, 0.25) is 0 Å². The molecule has 0 aromatic heterocycles. The number of benzene rings is 2. The fourth-order valence-electron chi connectivity index (χ4n) is 2.12. The van der Waals surface area contributed by atoms with Crippen molar-refractivity contribution in [3.63, 3.8) is 0 Å². The van der Waals surface area contributed by atoms with Crippen molar-refractivity contribution < 1.29 is 13.9 Å². The fraction of sp³-hybridized carbons (Fsp3) is 0.294. The number of hydrogen-bond donors (Lipinski definition) is 1. The maximum Gasteiger partial charge on any atom is 0.171 e. The van der Waals surface area contributed by atoms with E-state index >= 15 is 0 Å². The van der Waals surface area contributed by atoms with Crippen LogP contribution in [0.4, 0.5) is 4.39 Å². The Hall–Kier alpha value is -2.07. The van der Waals surface area contributed by atoms with Crippen molar-refractivity contribution in [2.75, 3.05) is 7.11 Å². The van der Waals surface area contributed by atoms with E-state index in [4.69, 9.17) is 15.2 Å². The molecule has 2 N–H and O–H groups in total. The second-order valence-corrected chi connectivity index (χ2v) is 4.77. The molecular weight excluding hydrogens is 269 g/mol. The summed E-state index contributed by atoms with van der Waals surface area (Å²) < 4.78 is 24.8. The van der Waals surface area contributed by atoms with Crippen molar-refractivity contribution in [2.24, 2.45) is 5.73 Å². The lowest BCUT2D eigenvalue weighted by molar-refractivity contribution is 0.291. The van der Waals surface area contributed by atoms with Crippen LogP contribution in [0.3, 0.4) is 0 Å². The second-order valence-electron chi connectivity index (χ2n) is 4.77. The number of para-hydroxylation sites is 1. The molecule has 0 heterocycles. The first-order valence-electron chi connectivity index (χ1n) is 6.96. The minimum Gasteiger partial charge on any atom is -0.494 e. The maximum absolute atomic E-state index is 14.1. The Morgan fingerprint density at radius 3 is 2.52 bits per heavy atom. The van der Waals surface area contributed by atoms with E-state index in [1.807, 2.05) is 31.2 Å². The Balaban J connectivity index is 2.17. The molecule has 0 aliphatic carbocycles. The van der Waals surface area contributed by atoms with Crippen LogP contribution < -0.4 is 15.2 Å². The molecule has 0 saturated heterocycles. The summed E-state index contributed by atoms with van der Waals surface area (Å²) in [6.45, 7) is 2.15. The molecule has 0 aliphatic rings. The summed E-state index contributed by atoms with van der Waals surface area (Å²) in [6.07, 6.45) is 0.813. The lowest BCUT2D eigenvalue weighted by atomic mass is 10.0. The molecule has 21 heavy (non-hydrogen) atoms. The zero-order valence-electron chi connectivity index (χ0n) is 12.3. The predicted octanol–water partition coefficient (Wildman–Crippen LogP) is 3.82. The van der Waals surface area contributed by atoms with Crippen LogP contribution in [0.5, 0.6) is 11.5 Å². The van der Waals surface area contributed by atoms with Crippen LogP contribution >= 0.6 is 0 Å². The maximum atomic E-state index is 14.1. The van der Waals surface area contributed by atoms with Gasteiger partial charge in [-0.1, -0.05) is 37.3 Å². The highest BCUT2D eigenvalue weighted by Crippen LogP contribution is 2.27. The van der Waals surface area contributed by atoms with Crippen molar-refractivity contribution in [3.8, 4) is 11.5 Å². The molecule has 0 radical (unpaired) electrons. The highest BCUT2D eigenvalue weighted by atomic mass is 19.1. The van der Waals surface area contributed by atoms with Gasteiger partial charge in [0.15, 0.2) is 11.6 Å². The van der Waals surface area contributed by atoms with Crippen LogP contribution in [0.15, 0.2) is 42.5 Å². The van der Waals surface area contributed by atoms with Crippen LogP contribution in [-0.2, 0) is 6.61 Å². The molecule has 1 unspecified atom stereocenters. The molecule has 2 aromatic rings. The zero-order chi connectivity index (χ0) is 15.2. The van der Waals surface area contributed by atoms with Crippen LogP contribution in [0, 0.1) is 5.82 Å². The molecule has 3 nitrogen and oxygen atoms in total. The molecule has 0 saturated carbocycles. The highest BCUT2D eigenvalue weighted by molar-refractivity contribution is 5.36. The Morgan fingerprint density at radius 1 is 1.10 bits per heavy atom. The summed E-state index contributed by atoms with van der Waals surface area (Å²) in [6, 6.07) is 12.5. The fourth-order valence-corrected chi connectivity index (χ4v) is 2.12. The van der Waals surface area contributed by atoms with E-state index in [2.05, 4.69) is 0 Å². The summed E-state index contributed by atoms with van der Waals surface area (Å²) >= 11 is 0. The first-order valence-corrected chi connectivity index (χ1v) is 6.96. The van der Waals surface area contributed by atoms with E-state index in [1.165, 1.54) is 7.11 Å². The van der Waals surface area contributed by atoms with Gasteiger partial charge in [-0.3, -0.25) is 0 Å². The molecule has 4 heteroatoms. The molecule has 0 spiro atoms. The minimum absolute atomic E-state index is 0.0867. The minimum atomic E-state index is -0.391. The average molecular weight is 289 g/mol. The summed E-state index contributed by atoms with van der Waals surface area (Å²) in [5.74, 6) is 0.515. The van der Waals surface area contributed by atoms with Gasteiger partial charge in [0.25, 0.3) is 0 Å². The Labute approximate surface area is 124 Å². The van der Waals surface area contributed by atoms with E-state index in [-0.39, 0.29) is 18.4 Å². The normalized spacial score (nSPS) is 12.0. The van der Waals surface area contributed by atoms with Crippen LogP contribution in [0.2, 0.25) is 0 Å². The molecule has 0 aliphatic heterocycles. The summed E-state index contributed by atoms with van der Waals surface area (Å²) in [5.41, 5.74) is 7.45. The molecule has 0 bridgehead atoms.